The van der Waals surface area contributed by atoms with Crippen molar-refractivity contribution in [1.29, 1.82) is 0 Å². The Hall–Kier alpha value is -0.820. The molecule has 1 heterocycles. The highest BCUT2D eigenvalue weighted by atomic mass is 35.5. The van der Waals surface area contributed by atoms with Crippen molar-refractivity contribution in [3.05, 3.63) is 34.9 Å². The summed E-state index contributed by atoms with van der Waals surface area (Å²) in [5.41, 5.74) is 7.16. The predicted octanol–water partition coefficient (Wildman–Crippen LogP) is 3.44. The van der Waals surface area contributed by atoms with Crippen LogP contribution in [0.2, 0.25) is 5.02 Å². The smallest absolute Gasteiger partial charge is 0.208 e. The lowest BCUT2D eigenvalue weighted by Crippen LogP contribution is -2.22. The van der Waals surface area contributed by atoms with Gasteiger partial charge in [0.15, 0.2) is 4.34 Å². The number of hydrogen-bond donors (Lipinski definition) is 1. The normalized spacial score (nSPS) is 14.1. The van der Waals surface area contributed by atoms with Crippen molar-refractivity contribution in [1.82, 2.24) is 10.2 Å². The van der Waals surface area contributed by atoms with Crippen LogP contribution in [0, 0.1) is 0 Å². The van der Waals surface area contributed by atoms with Crippen molar-refractivity contribution >= 4 is 39.8 Å². The Balaban J connectivity index is 2.24. The lowest BCUT2D eigenvalue weighted by Gasteiger charge is -2.20. The van der Waals surface area contributed by atoms with Gasteiger partial charge >= 0.3 is 0 Å². The number of anilines is 1. The van der Waals surface area contributed by atoms with Crippen LogP contribution in [0.5, 0.6) is 0 Å². The molecular weight excluding hydrogens is 312 g/mol. The fraction of sp³-hybridized carbons (Fsp3) is 0.385. The van der Waals surface area contributed by atoms with E-state index in [1.807, 2.05) is 50.2 Å². The maximum atomic E-state index is 6.28. The minimum absolute atomic E-state index is 0.0355. The lowest BCUT2D eigenvalue weighted by atomic mass is 10.1. The predicted molar refractivity (Wildman–Crippen MR) is 87.9 cm³/mol. The monoisotopic (exact) mass is 328 g/mol. The molecule has 0 saturated heterocycles. The molecule has 20 heavy (non-hydrogen) atoms. The van der Waals surface area contributed by atoms with Gasteiger partial charge < -0.3 is 10.6 Å². The number of rotatable bonds is 5. The van der Waals surface area contributed by atoms with E-state index in [4.69, 9.17) is 17.3 Å². The minimum atomic E-state index is -0.0355. The fourth-order valence-corrected chi connectivity index (χ4v) is 4.10. The third-order valence-corrected chi connectivity index (χ3v) is 5.68. The highest BCUT2D eigenvalue weighted by molar-refractivity contribution is 8.01. The van der Waals surface area contributed by atoms with Crippen molar-refractivity contribution in [3.63, 3.8) is 0 Å². The molecule has 0 bridgehead atoms. The van der Waals surface area contributed by atoms with Gasteiger partial charge in [-0.25, -0.2) is 0 Å². The quantitative estimate of drug-likeness (QED) is 0.852. The third kappa shape index (κ3) is 3.63. The molecule has 2 aromatic rings. The summed E-state index contributed by atoms with van der Waals surface area (Å²) in [4.78, 5) is 1.94. The second-order valence-corrected chi connectivity index (χ2v) is 7.42. The molecule has 2 N–H and O–H groups in total. The van der Waals surface area contributed by atoms with E-state index in [1.54, 1.807) is 23.1 Å². The van der Waals surface area contributed by atoms with Crippen LogP contribution in [0.3, 0.4) is 0 Å². The topological polar surface area (TPSA) is 55.0 Å². The first-order chi connectivity index (χ1) is 9.49. The van der Waals surface area contributed by atoms with E-state index in [2.05, 4.69) is 10.2 Å². The summed E-state index contributed by atoms with van der Waals surface area (Å²) in [6.45, 7) is 1.98. The first-order valence-corrected chi connectivity index (χ1v) is 8.24. The summed E-state index contributed by atoms with van der Waals surface area (Å²) in [6.07, 6.45) is 0. The second-order valence-electron chi connectivity index (χ2n) is 4.66. The Morgan fingerprint density at radius 3 is 2.55 bits per heavy atom. The number of nitrogens with zero attached hydrogens (tertiary/aromatic N) is 3. The highest BCUT2D eigenvalue weighted by Gasteiger charge is 2.22. The SMILES string of the molecule is CC(N)C(Sc1nnc(N(C)C)s1)c1ccccc1Cl. The Labute approximate surface area is 132 Å². The largest absolute Gasteiger partial charge is 0.353 e. The second kappa shape index (κ2) is 6.76. The zero-order valence-electron chi connectivity index (χ0n) is 11.6. The van der Waals surface area contributed by atoms with Gasteiger partial charge in [0.25, 0.3) is 0 Å². The molecule has 1 aromatic heterocycles. The van der Waals surface area contributed by atoms with Crippen molar-refractivity contribution in [2.75, 3.05) is 19.0 Å². The van der Waals surface area contributed by atoms with Gasteiger partial charge in [0.1, 0.15) is 0 Å². The molecule has 4 nitrogen and oxygen atoms in total. The number of aromatic nitrogens is 2. The summed E-state index contributed by atoms with van der Waals surface area (Å²) < 4.78 is 0.899. The van der Waals surface area contributed by atoms with Crippen LogP contribution in [-0.2, 0) is 0 Å². The van der Waals surface area contributed by atoms with Crippen LogP contribution < -0.4 is 10.6 Å². The molecule has 0 amide bonds. The van der Waals surface area contributed by atoms with E-state index in [-0.39, 0.29) is 11.3 Å². The van der Waals surface area contributed by atoms with E-state index in [9.17, 15) is 0 Å². The van der Waals surface area contributed by atoms with Crippen LogP contribution in [0.15, 0.2) is 28.6 Å². The summed E-state index contributed by atoms with van der Waals surface area (Å²) in [7, 11) is 3.90. The van der Waals surface area contributed by atoms with Gasteiger partial charge in [-0.2, -0.15) is 0 Å². The number of benzene rings is 1. The molecule has 0 radical (unpaired) electrons. The molecule has 7 heteroatoms. The van der Waals surface area contributed by atoms with Gasteiger partial charge in [-0.05, 0) is 18.6 Å². The van der Waals surface area contributed by atoms with Crippen molar-refractivity contribution < 1.29 is 0 Å². The lowest BCUT2D eigenvalue weighted by molar-refractivity contribution is 0.720. The van der Waals surface area contributed by atoms with Gasteiger partial charge in [-0.15, -0.1) is 10.2 Å². The highest BCUT2D eigenvalue weighted by Crippen LogP contribution is 2.41. The van der Waals surface area contributed by atoms with Crippen LogP contribution in [0.25, 0.3) is 0 Å². The molecule has 2 rings (SSSR count). The summed E-state index contributed by atoms with van der Waals surface area (Å²) >= 11 is 9.44. The van der Waals surface area contributed by atoms with E-state index < -0.39 is 0 Å². The van der Waals surface area contributed by atoms with Crippen LogP contribution in [0.4, 0.5) is 5.13 Å². The van der Waals surface area contributed by atoms with Crippen molar-refractivity contribution in [2.24, 2.45) is 5.73 Å². The van der Waals surface area contributed by atoms with Gasteiger partial charge in [0.05, 0.1) is 5.25 Å². The van der Waals surface area contributed by atoms with Crippen LogP contribution in [-0.4, -0.2) is 30.3 Å². The summed E-state index contributed by atoms with van der Waals surface area (Å²) in [5.74, 6) is 0. The van der Waals surface area contributed by atoms with E-state index in [1.165, 1.54) is 0 Å². The average Bonchev–Trinajstić information content (AvgIpc) is 2.85. The Morgan fingerprint density at radius 1 is 1.30 bits per heavy atom. The summed E-state index contributed by atoms with van der Waals surface area (Å²) in [6, 6.07) is 7.76. The van der Waals surface area contributed by atoms with E-state index >= 15 is 0 Å². The van der Waals surface area contributed by atoms with E-state index in [0.29, 0.717) is 0 Å². The molecule has 2 unspecified atom stereocenters. The summed E-state index contributed by atoms with van der Waals surface area (Å²) in [5, 5.41) is 10.0. The maximum absolute atomic E-state index is 6.28. The van der Waals surface area contributed by atoms with Crippen LogP contribution in [0.1, 0.15) is 17.7 Å². The molecule has 108 valence electrons. The molecule has 0 spiro atoms. The zero-order valence-corrected chi connectivity index (χ0v) is 14.0. The Kier molecular flexibility index (Phi) is 5.26. The maximum Gasteiger partial charge on any atom is 0.208 e. The zero-order chi connectivity index (χ0) is 14.7. The minimum Gasteiger partial charge on any atom is -0.353 e. The first-order valence-electron chi connectivity index (χ1n) is 6.16. The third-order valence-electron chi connectivity index (χ3n) is 2.70. The Bertz CT molecular complexity index is 571. The van der Waals surface area contributed by atoms with Gasteiger partial charge in [0.2, 0.25) is 5.13 Å². The molecule has 0 aliphatic rings. The molecule has 0 saturated carbocycles. The van der Waals surface area contributed by atoms with Crippen molar-refractivity contribution in [3.8, 4) is 0 Å². The molecular formula is C13H17ClN4S2. The molecule has 0 aliphatic carbocycles. The van der Waals surface area contributed by atoms with E-state index in [0.717, 1.165) is 20.1 Å². The van der Waals surface area contributed by atoms with Gasteiger partial charge in [0, 0.05) is 25.2 Å². The number of nitrogens with two attached hydrogens (primary N) is 1. The molecule has 1 aromatic carbocycles. The Morgan fingerprint density at radius 2 is 2.00 bits per heavy atom. The molecule has 0 fully saturated rings. The average molecular weight is 329 g/mol. The fourth-order valence-electron chi connectivity index (χ4n) is 1.70. The number of hydrogen-bond acceptors (Lipinski definition) is 6. The standard InChI is InChI=1S/C13H17ClN4S2/c1-8(15)11(9-6-4-5-7-10(9)14)19-13-17-16-12(20-13)18(2)3/h4-8,11H,15H2,1-3H3. The number of thioether (sulfide) groups is 1. The molecule has 0 aliphatic heterocycles. The van der Waals surface area contributed by atoms with Gasteiger partial charge in [-0.1, -0.05) is 52.9 Å². The van der Waals surface area contributed by atoms with Crippen molar-refractivity contribution in [2.45, 2.75) is 22.6 Å². The molecule has 2 atom stereocenters. The number of halogens is 1. The van der Waals surface area contributed by atoms with Crippen LogP contribution >= 0.6 is 34.7 Å². The first kappa shape index (κ1) is 15.6. The van der Waals surface area contributed by atoms with Gasteiger partial charge in [-0.3, -0.25) is 0 Å².